The van der Waals surface area contributed by atoms with E-state index in [0.717, 1.165) is 4.90 Å². The lowest BCUT2D eigenvalue weighted by atomic mass is 10.3. The van der Waals surface area contributed by atoms with Gasteiger partial charge in [-0.05, 0) is 18.2 Å². The molecule has 7 nitrogen and oxygen atoms in total. The number of anilines is 1. The van der Waals surface area contributed by atoms with Crippen LogP contribution in [0.1, 0.15) is 0 Å². The summed E-state index contributed by atoms with van der Waals surface area (Å²) in [6.07, 6.45) is 0. The average Bonchev–Trinajstić information content (AvgIpc) is 2.41. The van der Waals surface area contributed by atoms with Crippen molar-refractivity contribution in [3.63, 3.8) is 0 Å². The van der Waals surface area contributed by atoms with Crippen molar-refractivity contribution in [2.45, 2.75) is 0 Å². The zero-order chi connectivity index (χ0) is 15.1. The van der Waals surface area contributed by atoms with Crippen LogP contribution < -0.4 is 10.2 Å². The van der Waals surface area contributed by atoms with Gasteiger partial charge in [0, 0.05) is 10.7 Å². The number of ether oxygens (including phenoxy) is 1. The Kier molecular flexibility index (Phi) is 5.79. The molecule has 1 aromatic carbocycles. The minimum Gasteiger partial charge on any atom is -0.480 e. The second-order valence-corrected chi connectivity index (χ2v) is 4.13. The number of carboxylic acid groups (broad SMARTS) is 1. The number of hydrogen-bond donors (Lipinski definition) is 2. The van der Waals surface area contributed by atoms with Crippen molar-refractivity contribution in [3.05, 3.63) is 29.3 Å². The van der Waals surface area contributed by atoms with Crippen LogP contribution in [0.4, 0.5) is 10.5 Å². The van der Waals surface area contributed by atoms with Gasteiger partial charge in [0.1, 0.15) is 13.1 Å². The molecule has 0 aliphatic heterocycles. The van der Waals surface area contributed by atoms with Crippen molar-refractivity contribution in [2.24, 2.45) is 0 Å². The first-order chi connectivity index (χ1) is 9.43. The van der Waals surface area contributed by atoms with Crippen molar-refractivity contribution in [3.8, 4) is 0 Å². The topological polar surface area (TPSA) is 95.9 Å². The number of urea groups is 1. The van der Waals surface area contributed by atoms with Gasteiger partial charge in [-0.25, -0.2) is 4.79 Å². The number of hydrogen-bond acceptors (Lipinski definition) is 4. The Morgan fingerprint density at radius 1 is 1.40 bits per heavy atom. The summed E-state index contributed by atoms with van der Waals surface area (Å²) >= 11 is 5.80. The van der Waals surface area contributed by atoms with E-state index in [4.69, 9.17) is 16.7 Å². The number of carbonyl (C=O) groups excluding carboxylic acids is 2. The number of nitrogens with one attached hydrogen (secondary N) is 1. The van der Waals surface area contributed by atoms with Gasteiger partial charge in [-0.3, -0.25) is 14.5 Å². The van der Waals surface area contributed by atoms with E-state index in [0.29, 0.717) is 10.7 Å². The number of amides is 2. The Labute approximate surface area is 120 Å². The standard InChI is InChI=1S/C12H13ClN2O5/c1-20-11(18)6-14-12(19)15(7-10(16)17)9-4-2-3-8(13)5-9/h2-5H,6-7H2,1H3,(H,14,19)(H,16,17). The predicted molar refractivity (Wildman–Crippen MR) is 71.8 cm³/mol. The maximum Gasteiger partial charge on any atom is 0.325 e. The number of halogens is 1. The van der Waals surface area contributed by atoms with Crippen molar-refractivity contribution in [1.29, 1.82) is 0 Å². The van der Waals surface area contributed by atoms with Crippen molar-refractivity contribution >= 4 is 35.3 Å². The highest BCUT2D eigenvalue weighted by Gasteiger charge is 2.19. The van der Waals surface area contributed by atoms with Crippen LogP contribution in [-0.4, -0.2) is 43.3 Å². The second kappa shape index (κ2) is 7.34. The summed E-state index contributed by atoms with van der Waals surface area (Å²) in [5.74, 6) is -1.84. The highest BCUT2D eigenvalue weighted by molar-refractivity contribution is 6.30. The van der Waals surface area contributed by atoms with Gasteiger partial charge in [-0.1, -0.05) is 17.7 Å². The van der Waals surface area contributed by atoms with Gasteiger partial charge in [-0.2, -0.15) is 0 Å². The Balaban J connectivity index is 2.86. The maximum absolute atomic E-state index is 11.9. The van der Waals surface area contributed by atoms with Gasteiger partial charge in [0.05, 0.1) is 7.11 Å². The molecule has 0 heterocycles. The first-order valence-corrected chi connectivity index (χ1v) is 5.91. The molecule has 0 atom stereocenters. The molecule has 0 aliphatic carbocycles. The largest absolute Gasteiger partial charge is 0.480 e. The molecule has 0 saturated carbocycles. The summed E-state index contributed by atoms with van der Waals surface area (Å²) in [6, 6.07) is 5.42. The lowest BCUT2D eigenvalue weighted by Gasteiger charge is -2.21. The van der Waals surface area contributed by atoms with E-state index in [2.05, 4.69) is 10.1 Å². The van der Waals surface area contributed by atoms with Crippen LogP contribution in [0, 0.1) is 0 Å². The molecule has 1 rings (SSSR count). The van der Waals surface area contributed by atoms with E-state index < -0.39 is 24.5 Å². The molecule has 20 heavy (non-hydrogen) atoms. The summed E-state index contributed by atoms with van der Waals surface area (Å²) in [7, 11) is 1.18. The van der Waals surface area contributed by atoms with Gasteiger partial charge < -0.3 is 15.2 Å². The SMILES string of the molecule is COC(=O)CNC(=O)N(CC(=O)O)c1cccc(Cl)c1. The summed E-state index contributed by atoms with van der Waals surface area (Å²) < 4.78 is 4.38. The zero-order valence-electron chi connectivity index (χ0n) is 10.6. The summed E-state index contributed by atoms with van der Waals surface area (Å²) in [4.78, 5) is 34.6. The fourth-order valence-corrected chi connectivity index (χ4v) is 1.56. The van der Waals surface area contributed by atoms with E-state index in [9.17, 15) is 14.4 Å². The second-order valence-electron chi connectivity index (χ2n) is 3.69. The molecule has 2 N–H and O–H groups in total. The normalized spacial score (nSPS) is 9.70. The van der Waals surface area contributed by atoms with Crippen LogP contribution in [0.3, 0.4) is 0 Å². The maximum atomic E-state index is 11.9. The van der Waals surface area contributed by atoms with Crippen molar-refractivity contribution < 1.29 is 24.2 Å². The fraction of sp³-hybridized carbons (Fsp3) is 0.250. The van der Waals surface area contributed by atoms with Crippen LogP contribution in [-0.2, 0) is 14.3 Å². The molecule has 108 valence electrons. The molecular weight excluding hydrogens is 288 g/mol. The molecule has 0 radical (unpaired) electrons. The van der Waals surface area contributed by atoms with Gasteiger partial charge >= 0.3 is 18.0 Å². The molecule has 0 unspecified atom stereocenters. The molecule has 0 aromatic heterocycles. The Bertz CT molecular complexity index is 520. The van der Waals surface area contributed by atoms with Crippen LogP contribution in [0.2, 0.25) is 5.02 Å². The van der Waals surface area contributed by atoms with Gasteiger partial charge in [0.2, 0.25) is 0 Å². The lowest BCUT2D eigenvalue weighted by molar-refractivity contribution is -0.139. The third-order valence-electron chi connectivity index (χ3n) is 2.27. The predicted octanol–water partition coefficient (Wildman–Crippen LogP) is 1.11. The number of carboxylic acids is 1. The van der Waals surface area contributed by atoms with Crippen molar-refractivity contribution in [2.75, 3.05) is 25.1 Å². The first-order valence-electron chi connectivity index (χ1n) is 5.53. The molecule has 1 aromatic rings. The molecular formula is C12H13ClN2O5. The molecule has 2 amide bonds. The summed E-state index contributed by atoms with van der Waals surface area (Å²) in [5.41, 5.74) is 0.308. The van der Waals surface area contributed by atoms with E-state index in [1.807, 2.05) is 0 Å². The molecule has 0 bridgehead atoms. The van der Waals surface area contributed by atoms with E-state index in [1.165, 1.54) is 19.2 Å². The Morgan fingerprint density at radius 3 is 2.65 bits per heavy atom. The average molecular weight is 301 g/mol. The van der Waals surface area contributed by atoms with Gasteiger partial charge in [0.25, 0.3) is 0 Å². The van der Waals surface area contributed by atoms with Crippen LogP contribution in [0.5, 0.6) is 0 Å². The Hall–Kier alpha value is -2.28. The van der Waals surface area contributed by atoms with E-state index in [1.54, 1.807) is 12.1 Å². The molecule has 0 spiro atoms. The molecule has 8 heteroatoms. The summed E-state index contributed by atoms with van der Waals surface area (Å²) in [5, 5.41) is 11.5. The number of rotatable bonds is 5. The monoisotopic (exact) mass is 300 g/mol. The third-order valence-corrected chi connectivity index (χ3v) is 2.51. The number of aliphatic carboxylic acids is 1. The number of methoxy groups -OCH3 is 1. The minimum atomic E-state index is -1.20. The van der Waals surface area contributed by atoms with E-state index in [-0.39, 0.29) is 6.54 Å². The van der Waals surface area contributed by atoms with Crippen LogP contribution >= 0.6 is 11.6 Å². The minimum absolute atomic E-state index is 0.308. The van der Waals surface area contributed by atoms with Gasteiger partial charge in [-0.15, -0.1) is 0 Å². The number of esters is 1. The number of nitrogens with zero attached hydrogens (tertiary/aromatic N) is 1. The highest BCUT2D eigenvalue weighted by Crippen LogP contribution is 2.19. The van der Waals surface area contributed by atoms with E-state index >= 15 is 0 Å². The molecule has 0 saturated heterocycles. The fourth-order valence-electron chi connectivity index (χ4n) is 1.38. The van der Waals surface area contributed by atoms with Crippen LogP contribution in [0.15, 0.2) is 24.3 Å². The quantitative estimate of drug-likeness (QED) is 0.794. The third kappa shape index (κ3) is 4.77. The first kappa shape index (κ1) is 15.8. The van der Waals surface area contributed by atoms with Gasteiger partial charge in [0.15, 0.2) is 0 Å². The van der Waals surface area contributed by atoms with Crippen molar-refractivity contribution in [1.82, 2.24) is 5.32 Å². The lowest BCUT2D eigenvalue weighted by Crippen LogP contribution is -2.44. The Morgan fingerprint density at radius 2 is 2.10 bits per heavy atom. The van der Waals surface area contributed by atoms with Crippen LogP contribution in [0.25, 0.3) is 0 Å². The molecule has 0 aliphatic rings. The number of carbonyl (C=O) groups is 3. The number of benzene rings is 1. The molecule has 0 fully saturated rings. The smallest absolute Gasteiger partial charge is 0.325 e. The summed E-state index contributed by atoms with van der Waals surface area (Å²) in [6.45, 7) is -0.917. The zero-order valence-corrected chi connectivity index (χ0v) is 11.4. The highest BCUT2D eigenvalue weighted by atomic mass is 35.5.